The Labute approximate surface area is 53.9 Å². The van der Waals surface area contributed by atoms with Gasteiger partial charge in [-0.3, -0.25) is 4.79 Å². The Morgan fingerprint density at radius 3 is 2.22 bits per heavy atom. The molecule has 9 heavy (non-hydrogen) atoms. The van der Waals surface area contributed by atoms with Gasteiger partial charge < -0.3 is 5.11 Å². The fourth-order valence-corrected chi connectivity index (χ4v) is 2.19. The highest BCUT2D eigenvalue weighted by atomic mass is 16.4. The minimum atomic E-state index is -0.565. The number of aliphatic carboxylic acids is 1. The molecule has 0 aliphatic heterocycles. The van der Waals surface area contributed by atoms with Crippen LogP contribution in [0.4, 0.5) is 0 Å². The van der Waals surface area contributed by atoms with Crippen LogP contribution in [0.1, 0.15) is 19.3 Å². The highest BCUT2D eigenvalue weighted by Crippen LogP contribution is 2.57. The molecule has 0 heterocycles. The van der Waals surface area contributed by atoms with Crippen molar-refractivity contribution in [3.63, 3.8) is 0 Å². The van der Waals surface area contributed by atoms with Gasteiger partial charge in [0, 0.05) is 0 Å². The minimum Gasteiger partial charge on any atom is -0.481 e. The van der Waals surface area contributed by atoms with Crippen LogP contribution in [0.5, 0.6) is 0 Å². The van der Waals surface area contributed by atoms with E-state index >= 15 is 0 Å². The number of carboxylic acids is 1. The van der Waals surface area contributed by atoms with E-state index in [1.54, 1.807) is 0 Å². The van der Waals surface area contributed by atoms with Crippen LogP contribution in [-0.4, -0.2) is 11.1 Å². The molecule has 0 bridgehead atoms. The van der Waals surface area contributed by atoms with Crippen molar-refractivity contribution in [2.45, 2.75) is 19.3 Å². The lowest BCUT2D eigenvalue weighted by Crippen LogP contribution is -2.02. The number of hydrogen-bond acceptors (Lipinski definition) is 1. The van der Waals surface area contributed by atoms with Gasteiger partial charge in [-0.2, -0.15) is 0 Å². The van der Waals surface area contributed by atoms with Crippen molar-refractivity contribution >= 4 is 5.97 Å². The number of carboxylic acid groups (broad SMARTS) is 1. The zero-order chi connectivity index (χ0) is 6.43. The van der Waals surface area contributed by atoms with Crippen molar-refractivity contribution < 1.29 is 9.90 Å². The quantitative estimate of drug-likeness (QED) is 0.571. The van der Waals surface area contributed by atoms with E-state index in [9.17, 15) is 4.79 Å². The van der Waals surface area contributed by atoms with E-state index in [4.69, 9.17) is 5.11 Å². The maximum absolute atomic E-state index is 10.4. The van der Waals surface area contributed by atoms with E-state index < -0.39 is 5.97 Å². The lowest BCUT2D eigenvalue weighted by molar-refractivity contribution is -0.139. The summed E-state index contributed by atoms with van der Waals surface area (Å²) in [4.78, 5) is 10.4. The SMILES string of the molecule is O=C(O)C1[C@H]2CCC[C@@H]12. The first-order chi connectivity index (χ1) is 4.30. The predicted octanol–water partition coefficient (Wildman–Crippen LogP) is 1.12. The van der Waals surface area contributed by atoms with Crippen molar-refractivity contribution in [1.82, 2.24) is 0 Å². The molecule has 2 nitrogen and oxygen atoms in total. The fraction of sp³-hybridized carbons (Fsp3) is 0.857. The molecule has 50 valence electrons. The van der Waals surface area contributed by atoms with Gasteiger partial charge in [0.2, 0.25) is 0 Å². The highest BCUT2D eigenvalue weighted by molar-refractivity contribution is 5.74. The Bertz CT molecular complexity index is 143. The second-order valence-electron chi connectivity index (χ2n) is 3.12. The molecule has 2 aliphatic carbocycles. The molecule has 2 aliphatic rings. The number of fused-ring (bicyclic) bond motifs is 1. The summed E-state index contributed by atoms with van der Waals surface area (Å²) in [5.74, 6) is 0.633. The summed E-state index contributed by atoms with van der Waals surface area (Å²) < 4.78 is 0. The lowest BCUT2D eigenvalue weighted by Gasteiger charge is -1.93. The van der Waals surface area contributed by atoms with E-state index in [0.29, 0.717) is 11.8 Å². The Balaban J connectivity index is 2.02. The summed E-state index contributed by atoms with van der Waals surface area (Å²) in [6.07, 6.45) is 3.60. The summed E-state index contributed by atoms with van der Waals surface area (Å²) >= 11 is 0. The van der Waals surface area contributed by atoms with Crippen molar-refractivity contribution in [2.75, 3.05) is 0 Å². The molecule has 2 rings (SSSR count). The standard InChI is InChI=1S/C7H10O2/c8-7(9)6-4-2-1-3-5(4)6/h4-6H,1-3H2,(H,8,9)/t4-,5+,6?. The summed E-state index contributed by atoms with van der Waals surface area (Å²) in [5.41, 5.74) is 0. The Kier molecular flexibility index (Phi) is 0.875. The van der Waals surface area contributed by atoms with Crippen LogP contribution in [0.25, 0.3) is 0 Å². The number of rotatable bonds is 1. The molecule has 2 saturated carbocycles. The van der Waals surface area contributed by atoms with Gasteiger partial charge >= 0.3 is 5.97 Å². The molecule has 2 heteroatoms. The average Bonchev–Trinajstić information content (AvgIpc) is 2.30. The zero-order valence-corrected chi connectivity index (χ0v) is 5.21. The molecule has 0 spiro atoms. The van der Waals surface area contributed by atoms with Gasteiger partial charge in [0.15, 0.2) is 0 Å². The molecule has 2 fully saturated rings. The molecular weight excluding hydrogens is 116 g/mol. The number of carbonyl (C=O) groups is 1. The van der Waals surface area contributed by atoms with Gasteiger partial charge in [0.05, 0.1) is 5.92 Å². The molecule has 1 unspecified atom stereocenters. The Hall–Kier alpha value is -0.530. The smallest absolute Gasteiger partial charge is 0.307 e. The fourth-order valence-electron chi connectivity index (χ4n) is 2.19. The molecule has 1 N–H and O–H groups in total. The van der Waals surface area contributed by atoms with Gasteiger partial charge in [-0.05, 0) is 24.7 Å². The molecule has 0 aromatic rings. The topological polar surface area (TPSA) is 37.3 Å². The monoisotopic (exact) mass is 126 g/mol. The van der Waals surface area contributed by atoms with Crippen molar-refractivity contribution in [3.05, 3.63) is 0 Å². The molecule has 0 aromatic heterocycles. The first kappa shape index (κ1) is 5.27. The third-order valence-electron chi connectivity index (χ3n) is 2.69. The van der Waals surface area contributed by atoms with E-state index in [2.05, 4.69) is 0 Å². The van der Waals surface area contributed by atoms with Crippen molar-refractivity contribution in [3.8, 4) is 0 Å². The minimum absolute atomic E-state index is 0.0544. The largest absolute Gasteiger partial charge is 0.481 e. The van der Waals surface area contributed by atoms with Gasteiger partial charge in [-0.1, -0.05) is 6.42 Å². The second kappa shape index (κ2) is 1.49. The van der Waals surface area contributed by atoms with Gasteiger partial charge in [0.25, 0.3) is 0 Å². The first-order valence-corrected chi connectivity index (χ1v) is 3.53. The molecule has 0 amide bonds. The molecule has 0 radical (unpaired) electrons. The van der Waals surface area contributed by atoms with E-state index in [-0.39, 0.29) is 5.92 Å². The molecule has 3 atom stereocenters. The molecular formula is C7H10O2. The third kappa shape index (κ3) is 0.590. The third-order valence-corrected chi connectivity index (χ3v) is 2.69. The van der Waals surface area contributed by atoms with Crippen LogP contribution >= 0.6 is 0 Å². The maximum Gasteiger partial charge on any atom is 0.307 e. The lowest BCUT2D eigenvalue weighted by atomic mass is 10.1. The Morgan fingerprint density at radius 1 is 1.33 bits per heavy atom. The van der Waals surface area contributed by atoms with Gasteiger partial charge in [0.1, 0.15) is 0 Å². The van der Waals surface area contributed by atoms with Crippen molar-refractivity contribution in [1.29, 1.82) is 0 Å². The van der Waals surface area contributed by atoms with Crippen LogP contribution in [0, 0.1) is 17.8 Å². The summed E-state index contributed by atoms with van der Waals surface area (Å²) in [7, 11) is 0. The van der Waals surface area contributed by atoms with Gasteiger partial charge in [-0.15, -0.1) is 0 Å². The predicted molar refractivity (Wildman–Crippen MR) is 32.0 cm³/mol. The maximum atomic E-state index is 10.4. The van der Waals surface area contributed by atoms with Crippen LogP contribution in [0.15, 0.2) is 0 Å². The average molecular weight is 126 g/mol. The first-order valence-electron chi connectivity index (χ1n) is 3.53. The number of hydrogen-bond donors (Lipinski definition) is 1. The highest BCUT2D eigenvalue weighted by Gasteiger charge is 2.56. The summed E-state index contributed by atoms with van der Waals surface area (Å²) in [6, 6.07) is 0. The second-order valence-corrected chi connectivity index (χ2v) is 3.12. The van der Waals surface area contributed by atoms with Gasteiger partial charge in [-0.25, -0.2) is 0 Å². The van der Waals surface area contributed by atoms with Crippen LogP contribution in [0.2, 0.25) is 0 Å². The van der Waals surface area contributed by atoms with E-state index in [1.807, 2.05) is 0 Å². The molecule has 0 aromatic carbocycles. The van der Waals surface area contributed by atoms with Crippen molar-refractivity contribution in [2.24, 2.45) is 17.8 Å². The van der Waals surface area contributed by atoms with Crippen LogP contribution in [0.3, 0.4) is 0 Å². The summed E-state index contributed by atoms with van der Waals surface area (Å²) in [5, 5.41) is 8.56. The van der Waals surface area contributed by atoms with E-state index in [1.165, 1.54) is 19.3 Å². The van der Waals surface area contributed by atoms with Crippen LogP contribution < -0.4 is 0 Å². The van der Waals surface area contributed by atoms with E-state index in [0.717, 1.165) is 0 Å². The zero-order valence-electron chi connectivity index (χ0n) is 5.21. The normalized spacial score (nSPS) is 46.4. The summed E-state index contributed by atoms with van der Waals surface area (Å²) in [6.45, 7) is 0. The van der Waals surface area contributed by atoms with Crippen LogP contribution in [-0.2, 0) is 4.79 Å². The molecule has 0 saturated heterocycles. The Morgan fingerprint density at radius 2 is 1.89 bits per heavy atom.